The van der Waals surface area contributed by atoms with Crippen molar-refractivity contribution in [3.8, 4) is 11.5 Å². The van der Waals surface area contributed by atoms with Crippen molar-refractivity contribution in [2.75, 3.05) is 60.2 Å². The summed E-state index contributed by atoms with van der Waals surface area (Å²) in [7, 11) is 3.08. The first-order valence-electron chi connectivity index (χ1n) is 15.4. The zero-order valence-corrected chi connectivity index (χ0v) is 27.0. The Bertz CT molecular complexity index is 1620. The first-order valence-corrected chi connectivity index (χ1v) is 15.4. The van der Waals surface area contributed by atoms with Gasteiger partial charge < -0.3 is 19.1 Å². The van der Waals surface area contributed by atoms with Gasteiger partial charge in [-0.2, -0.15) is 18.3 Å². The van der Waals surface area contributed by atoms with Gasteiger partial charge in [0.2, 0.25) is 0 Å². The minimum absolute atomic E-state index is 0.0601. The minimum Gasteiger partial charge on any atom is -0.493 e. The number of methoxy groups -OCH3 is 2. The molecule has 0 saturated carbocycles. The maximum atomic E-state index is 14.2. The number of nitrogens with zero attached hydrogens (tertiary/aromatic N) is 4. The molecule has 0 spiro atoms. The molecule has 0 radical (unpaired) electrons. The van der Waals surface area contributed by atoms with Crippen LogP contribution < -0.4 is 9.47 Å². The third-order valence-electron chi connectivity index (χ3n) is 8.66. The van der Waals surface area contributed by atoms with Crippen LogP contribution in [0.15, 0.2) is 65.8 Å². The van der Waals surface area contributed by atoms with Crippen LogP contribution in [-0.2, 0) is 15.7 Å². The van der Waals surface area contributed by atoms with E-state index in [9.17, 15) is 22.8 Å². The van der Waals surface area contributed by atoms with Gasteiger partial charge in [0.1, 0.15) is 6.54 Å². The van der Waals surface area contributed by atoms with Crippen molar-refractivity contribution in [2.24, 2.45) is 5.10 Å². The largest absolute Gasteiger partial charge is 0.493 e. The Kier molecular flexibility index (Phi) is 10.5. The molecule has 1 atom stereocenters. The Labute approximate surface area is 272 Å². The van der Waals surface area contributed by atoms with Crippen LogP contribution in [0.5, 0.6) is 11.5 Å². The molecule has 2 aliphatic heterocycles. The third kappa shape index (κ3) is 7.94. The lowest BCUT2D eigenvalue weighted by molar-refractivity contribution is -0.137. The highest BCUT2D eigenvalue weighted by atomic mass is 19.4. The zero-order chi connectivity index (χ0) is 33.7. The predicted octanol–water partition coefficient (Wildman–Crippen LogP) is 5.49. The number of alkyl halides is 3. The number of carbonyl (C=O) groups is 2. The van der Waals surface area contributed by atoms with E-state index >= 15 is 0 Å². The molecule has 5 rings (SSSR count). The molecule has 0 aliphatic carbocycles. The lowest BCUT2D eigenvalue weighted by atomic mass is 9.96. The fourth-order valence-electron chi connectivity index (χ4n) is 5.71. The second kappa shape index (κ2) is 14.6. The molecule has 0 bridgehead atoms. The van der Waals surface area contributed by atoms with Gasteiger partial charge in [-0.3, -0.25) is 14.5 Å². The van der Waals surface area contributed by atoms with Crippen LogP contribution >= 0.6 is 0 Å². The fourth-order valence-corrected chi connectivity index (χ4v) is 5.71. The van der Waals surface area contributed by atoms with Crippen molar-refractivity contribution in [1.82, 2.24) is 14.8 Å². The average molecular weight is 653 g/mol. The van der Waals surface area contributed by atoms with E-state index in [4.69, 9.17) is 19.3 Å². The number of rotatable bonds is 10. The number of benzene rings is 3. The number of hydrogen-bond acceptors (Lipinski definition) is 7. The number of hydrazone groups is 1. The molecule has 1 saturated heterocycles. The highest BCUT2D eigenvalue weighted by Gasteiger charge is 2.36. The standard InChI is InChI=1S/C35H39F3N4O5/c1-23-5-6-26(19-24(23)2)29-21-30(27-9-12-31(45-3)32(20-27)46-4)42(39-29)33(43)22-41(14-13-40-15-17-47-18-16-40)34(44)25-7-10-28(11-8-25)35(36,37)38/h5-12,19-20,30H,13-18,21-22H2,1-4H3. The summed E-state index contributed by atoms with van der Waals surface area (Å²) in [4.78, 5) is 31.4. The number of aryl methyl sites for hydroxylation is 2. The van der Waals surface area contributed by atoms with Gasteiger partial charge in [0.05, 0.1) is 44.8 Å². The van der Waals surface area contributed by atoms with Crippen molar-refractivity contribution in [2.45, 2.75) is 32.5 Å². The van der Waals surface area contributed by atoms with Crippen LogP contribution in [0.4, 0.5) is 13.2 Å². The Morgan fingerprint density at radius 1 is 0.936 bits per heavy atom. The average Bonchev–Trinajstić information content (AvgIpc) is 3.53. The molecular formula is C35H39F3N4O5. The highest BCUT2D eigenvalue weighted by Crippen LogP contribution is 2.38. The number of ether oxygens (including phenoxy) is 3. The molecule has 250 valence electrons. The van der Waals surface area contributed by atoms with Crippen LogP contribution in [0.25, 0.3) is 0 Å². The molecular weight excluding hydrogens is 613 g/mol. The van der Waals surface area contributed by atoms with E-state index in [1.165, 1.54) is 17.0 Å². The van der Waals surface area contributed by atoms with Gasteiger partial charge in [0.15, 0.2) is 11.5 Å². The maximum Gasteiger partial charge on any atom is 0.416 e. The molecule has 0 aromatic heterocycles. The summed E-state index contributed by atoms with van der Waals surface area (Å²) >= 11 is 0. The van der Waals surface area contributed by atoms with Crippen LogP contribution in [0.1, 0.15) is 50.6 Å². The lowest BCUT2D eigenvalue weighted by Crippen LogP contribution is -2.46. The van der Waals surface area contributed by atoms with Gasteiger partial charge in [-0.25, -0.2) is 5.01 Å². The maximum absolute atomic E-state index is 14.2. The van der Waals surface area contributed by atoms with E-state index in [1.807, 2.05) is 44.2 Å². The highest BCUT2D eigenvalue weighted by molar-refractivity contribution is 6.04. The molecule has 3 aromatic rings. The summed E-state index contributed by atoms with van der Waals surface area (Å²) in [5, 5.41) is 6.21. The van der Waals surface area contributed by atoms with E-state index in [-0.39, 0.29) is 18.7 Å². The molecule has 1 unspecified atom stereocenters. The van der Waals surface area contributed by atoms with Gasteiger partial charge in [-0.05, 0) is 78.6 Å². The molecule has 2 amide bonds. The van der Waals surface area contributed by atoms with Gasteiger partial charge in [-0.1, -0.05) is 18.2 Å². The van der Waals surface area contributed by atoms with E-state index < -0.39 is 29.6 Å². The Balaban J connectivity index is 1.46. The first kappa shape index (κ1) is 33.9. The quantitative estimate of drug-likeness (QED) is 0.288. The molecule has 3 aromatic carbocycles. The summed E-state index contributed by atoms with van der Waals surface area (Å²) in [6.07, 6.45) is -4.11. The topological polar surface area (TPSA) is 83.9 Å². The number of hydrogen-bond donors (Lipinski definition) is 0. The molecule has 47 heavy (non-hydrogen) atoms. The minimum atomic E-state index is -4.53. The summed E-state index contributed by atoms with van der Waals surface area (Å²) in [6.45, 7) is 6.84. The Hall–Kier alpha value is -4.42. The van der Waals surface area contributed by atoms with Crippen LogP contribution in [0.2, 0.25) is 0 Å². The van der Waals surface area contributed by atoms with Crippen molar-refractivity contribution in [3.05, 3.63) is 94.0 Å². The molecule has 2 heterocycles. The van der Waals surface area contributed by atoms with Gasteiger partial charge in [-0.15, -0.1) is 0 Å². The third-order valence-corrected chi connectivity index (χ3v) is 8.66. The molecule has 2 aliphatic rings. The van der Waals surface area contributed by atoms with Crippen molar-refractivity contribution in [1.29, 1.82) is 0 Å². The second-order valence-corrected chi connectivity index (χ2v) is 11.7. The number of halogens is 3. The van der Waals surface area contributed by atoms with E-state index in [0.717, 1.165) is 52.2 Å². The molecule has 1 fully saturated rings. The summed E-state index contributed by atoms with van der Waals surface area (Å²) in [5.41, 5.74) is 3.81. The molecule has 9 nitrogen and oxygen atoms in total. The Morgan fingerprint density at radius 2 is 1.64 bits per heavy atom. The molecule has 12 heteroatoms. The normalized spacial score (nSPS) is 17.0. The SMILES string of the molecule is COc1ccc(C2CC(c3ccc(C)c(C)c3)=NN2C(=O)CN(CCN2CCOCC2)C(=O)c2ccc(C(F)(F)F)cc2)cc1OC. The fraction of sp³-hybridized carbons (Fsp3) is 0.400. The zero-order valence-electron chi connectivity index (χ0n) is 27.0. The number of carbonyl (C=O) groups excluding carboxylic acids is 2. The van der Waals surface area contributed by atoms with Gasteiger partial charge >= 0.3 is 6.18 Å². The monoisotopic (exact) mass is 652 g/mol. The van der Waals surface area contributed by atoms with E-state index in [1.54, 1.807) is 13.2 Å². The van der Waals surface area contributed by atoms with Crippen molar-refractivity contribution < 1.29 is 37.0 Å². The Morgan fingerprint density at radius 3 is 2.28 bits per heavy atom. The second-order valence-electron chi connectivity index (χ2n) is 11.7. The predicted molar refractivity (Wildman–Crippen MR) is 171 cm³/mol. The summed E-state index contributed by atoms with van der Waals surface area (Å²) in [6, 6.07) is 15.0. The smallest absolute Gasteiger partial charge is 0.416 e. The number of amides is 2. The van der Waals surface area contributed by atoms with Gasteiger partial charge in [0, 0.05) is 38.2 Å². The summed E-state index contributed by atoms with van der Waals surface area (Å²) in [5.74, 6) is 0.0758. The first-order chi connectivity index (χ1) is 22.5. The van der Waals surface area contributed by atoms with Crippen molar-refractivity contribution in [3.63, 3.8) is 0 Å². The van der Waals surface area contributed by atoms with Crippen molar-refractivity contribution >= 4 is 17.5 Å². The molecule has 0 N–H and O–H groups in total. The van der Waals surface area contributed by atoms with Gasteiger partial charge in [0.25, 0.3) is 11.8 Å². The summed E-state index contributed by atoms with van der Waals surface area (Å²) < 4.78 is 56.1. The van der Waals surface area contributed by atoms with Crippen LogP contribution in [0.3, 0.4) is 0 Å². The van der Waals surface area contributed by atoms with E-state index in [2.05, 4.69) is 4.90 Å². The lowest BCUT2D eigenvalue weighted by Gasteiger charge is -2.31. The van der Waals surface area contributed by atoms with E-state index in [0.29, 0.717) is 50.8 Å². The van der Waals surface area contributed by atoms with Crippen LogP contribution in [0, 0.1) is 13.8 Å². The van der Waals surface area contributed by atoms with Crippen LogP contribution in [-0.4, -0.2) is 92.5 Å². The number of morpholine rings is 1.